The molecule has 3 rings (SSSR count). The van der Waals surface area contributed by atoms with Crippen LogP contribution < -0.4 is 9.64 Å². The highest BCUT2D eigenvalue weighted by Crippen LogP contribution is 2.34. The van der Waals surface area contributed by atoms with E-state index in [2.05, 4.69) is 0 Å². The summed E-state index contributed by atoms with van der Waals surface area (Å²) in [5, 5.41) is 8.38. The van der Waals surface area contributed by atoms with Crippen LogP contribution in [0.4, 0.5) is 5.69 Å². The lowest BCUT2D eigenvalue weighted by Gasteiger charge is -2.21. The van der Waals surface area contributed by atoms with Crippen molar-refractivity contribution in [3.8, 4) is 5.75 Å². The van der Waals surface area contributed by atoms with Gasteiger partial charge in [-0.15, -0.1) is 0 Å². The Bertz CT molecular complexity index is 712. The second kappa shape index (κ2) is 5.64. The van der Waals surface area contributed by atoms with E-state index in [4.69, 9.17) is 10.1 Å². The number of nitrogens with one attached hydrogen (secondary N) is 1. The van der Waals surface area contributed by atoms with Gasteiger partial charge in [0, 0.05) is 11.4 Å². The number of hydrogen-bond donors (Lipinski definition) is 1. The normalized spacial score (nSPS) is 21.3. The highest BCUT2D eigenvalue weighted by atomic mass is 16.5. The molecule has 2 aromatic rings. The monoisotopic (exact) mass is 294 g/mol. The average Bonchev–Trinajstić information content (AvgIpc) is 2.78. The van der Waals surface area contributed by atoms with E-state index in [1.807, 2.05) is 61.5 Å². The first kappa shape index (κ1) is 14.3. The Labute approximate surface area is 129 Å². The molecule has 4 nitrogen and oxygen atoms in total. The number of benzene rings is 2. The lowest BCUT2D eigenvalue weighted by molar-refractivity contribution is -0.117. The Morgan fingerprint density at radius 3 is 2.50 bits per heavy atom. The van der Waals surface area contributed by atoms with Crippen molar-refractivity contribution in [2.24, 2.45) is 0 Å². The molecule has 0 saturated carbocycles. The zero-order valence-electron chi connectivity index (χ0n) is 12.6. The fraction of sp³-hybridized carbons (Fsp3) is 0.222. The topological polar surface area (TPSA) is 53.4 Å². The zero-order valence-corrected chi connectivity index (χ0v) is 12.6. The molecule has 0 aromatic heterocycles. The van der Waals surface area contributed by atoms with Gasteiger partial charge in [-0.05, 0) is 36.8 Å². The Kier molecular flexibility index (Phi) is 3.67. The van der Waals surface area contributed by atoms with Gasteiger partial charge in [-0.3, -0.25) is 4.79 Å². The van der Waals surface area contributed by atoms with Gasteiger partial charge in [-0.2, -0.15) is 0 Å². The maximum atomic E-state index is 12.9. The van der Waals surface area contributed by atoms with Crippen LogP contribution in [0.25, 0.3) is 0 Å². The van der Waals surface area contributed by atoms with Gasteiger partial charge in [0.05, 0.1) is 13.2 Å². The number of amides is 1. The minimum Gasteiger partial charge on any atom is -0.497 e. The van der Waals surface area contributed by atoms with E-state index in [0.717, 1.165) is 11.3 Å². The molecule has 0 spiro atoms. The minimum absolute atomic E-state index is 0.0584. The number of methoxy groups -OCH3 is 1. The van der Waals surface area contributed by atoms with E-state index >= 15 is 0 Å². The predicted octanol–water partition coefficient (Wildman–Crippen LogP) is 3.23. The van der Waals surface area contributed by atoms with Crippen LogP contribution in [0.1, 0.15) is 18.4 Å². The van der Waals surface area contributed by atoms with Gasteiger partial charge in [0.2, 0.25) is 5.91 Å². The van der Waals surface area contributed by atoms with E-state index in [1.54, 1.807) is 12.0 Å². The van der Waals surface area contributed by atoms with Gasteiger partial charge in [0.25, 0.3) is 0 Å². The summed E-state index contributed by atoms with van der Waals surface area (Å²) < 4.78 is 5.23. The van der Waals surface area contributed by atoms with Crippen molar-refractivity contribution >= 4 is 17.3 Å². The molecule has 22 heavy (non-hydrogen) atoms. The van der Waals surface area contributed by atoms with Gasteiger partial charge in [0.1, 0.15) is 11.7 Å². The largest absolute Gasteiger partial charge is 0.497 e. The maximum Gasteiger partial charge on any atom is 0.240 e. The maximum absolute atomic E-state index is 12.9. The second-order valence-corrected chi connectivity index (χ2v) is 5.38. The fourth-order valence-electron chi connectivity index (χ4n) is 2.93. The summed E-state index contributed by atoms with van der Waals surface area (Å²) in [5.41, 5.74) is 2.05. The molecule has 2 atom stereocenters. The number of carbonyl (C=O) groups excluding carboxylic acids is 1. The first-order valence-electron chi connectivity index (χ1n) is 7.24. The molecule has 4 heteroatoms. The first-order valence-corrected chi connectivity index (χ1v) is 7.24. The molecule has 1 N–H and O–H groups in total. The van der Waals surface area contributed by atoms with Crippen LogP contribution in [0.5, 0.6) is 5.75 Å². The van der Waals surface area contributed by atoms with Gasteiger partial charge < -0.3 is 15.0 Å². The van der Waals surface area contributed by atoms with Gasteiger partial charge in [-0.25, -0.2) is 0 Å². The Morgan fingerprint density at radius 2 is 1.82 bits per heavy atom. The van der Waals surface area contributed by atoms with Gasteiger partial charge in [0.15, 0.2) is 0 Å². The molecule has 1 aliphatic rings. The minimum atomic E-state index is -0.537. The van der Waals surface area contributed by atoms with Crippen LogP contribution in [-0.2, 0) is 4.79 Å². The van der Waals surface area contributed by atoms with E-state index in [-0.39, 0.29) is 11.9 Å². The summed E-state index contributed by atoms with van der Waals surface area (Å²) in [4.78, 5) is 14.6. The molecule has 0 aliphatic carbocycles. The summed E-state index contributed by atoms with van der Waals surface area (Å²) in [6.45, 7) is 1.90. The Balaban J connectivity index is 2.00. The summed E-state index contributed by atoms with van der Waals surface area (Å²) in [6, 6.07) is 16.7. The Morgan fingerprint density at radius 1 is 1.09 bits per heavy atom. The van der Waals surface area contributed by atoms with Crippen LogP contribution in [-0.4, -0.2) is 24.8 Å². The third kappa shape index (κ3) is 2.26. The van der Waals surface area contributed by atoms with Crippen LogP contribution in [0.3, 0.4) is 0 Å². The number of rotatable bonds is 3. The molecule has 1 heterocycles. The lowest BCUT2D eigenvalue weighted by Crippen LogP contribution is -2.32. The zero-order chi connectivity index (χ0) is 15.7. The van der Waals surface area contributed by atoms with E-state index in [0.29, 0.717) is 11.5 Å². The van der Waals surface area contributed by atoms with E-state index in [1.165, 1.54) is 0 Å². The molecule has 112 valence electrons. The van der Waals surface area contributed by atoms with Crippen LogP contribution >= 0.6 is 0 Å². The molecule has 0 bridgehead atoms. The van der Waals surface area contributed by atoms with Crippen molar-refractivity contribution in [2.75, 3.05) is 12.0 Å². The van der Waals surface area contributed by atoms with Crippen LogP contribution in [0.2, 0.25) is 0 Å². The number of para-hydroxylation sites is 1. The molecular weight excluding hydrogens is 276 g/mol. The predicted molar refractivity (Wildman–Crippen MR) is 86.9 cm³/mol. The SMILES string of the molecule is COc1cccc(C2C(=N)C(C)N(c3ccccc3)C2=O)c1. The number of anilines is 1. The molecule has 1 amide bonds. The molecule has 2 aromatic carbocycles. The standard InChI is InChI=1S/C18H18N2O2/c1-12-17(19)16(13-7-6-10-15(11-13)22-2)18(21)20(12)14-8-4-3-5-9-14/h3-12,16,19H,1-2H3. The third-order valence-corrected chi connectivity index (χ3v) is 4.09. The van der Waals surface area contributed by atoms with Crippen molar-refractivity contribution in [2.45, 2.75) is 18.9 Å². The van der Waals surface area contributed by atoms with Gasteiger partial charge >= 0.3 is 0 Å². The summed E-state index contributed by atoms with van der Waals surface area (Å²) in [7, 11) is 1.60. The van der Waals surface area contributed by atoms with Crippen molar-refractivity contribution in [1.29, 1.82) is 5.41 Å². The van der Waals surface area contributed by atoms with Crippen molar-refractivity contribution in [3.63, 3.8) is 0 Å². The smallest absolute Gasteiger partial charge is 0.240 e. The lowest BCUT2D eigenvalue weighted by atomic mass is 9.94. The Hall–Kier alpha value is -2.62. The molecule has 0 radical (unpaired) electrons. The van der Waals surface area contributed by atoms with E-state index in [9.17, 15) is 4.79 Å². The highest BCUT2D eigenvalue weighted by molar-refractivity contribution is 6.23. The number of nitrogens with zero attached hydrogens (tertiary/aromatic N) is 1. The van der Waals surface area contributed by atoms with Crippen molar-refractivity contribution < 1.29 is 9.53 Å². The van der Waals surface area contributed by atoms with Crippen LogP contribution in [0.15, 0.2) is 54.6 Å². The van der Waals surface area contributed by atoms with Crippen molar-refractivity contribution in [3.05, 3.63) is 60.2 Å². The summed E-state index contributed by atoms with van der Waals surface area (Å²) >= 11 is 0. The molecular formula is C18H18N2O2. The number of hydrogen-bond acceptors (Lipinski definition) is 3. The molecule has 2 unspecified atom stereocenters. The third-order valence-electron chi connectivity index (χ3n) is 4.09. The summed E-state index contributed by atoms with van der Waals surface area (Å²) in [5.74, 6) is 0.103. The quantitative estimate of drug-likeness (QED) is 0.945. The van der Waals surface area contributed by atoms with E-state index < -0.39 is 5.92 Å². The average molecular weight is 294 g/mol. The molecule has 1 fully saturated rings. The number of ether oxygens (including phenoxy) is 1. The second-order valence-electron chi connectivity index (χ2n) is 5.38. The molecule has 1 aliphatic heterocycles. The summed E-state index contributed by atoms with van der Waals surface area (Å²) in [6.07, 6.45) is 0. The molecule has 1 saturated heterocycles. The first-order chi connectivity index (χ1) is 10.6. The fourth-order valence-corrected chi connectivity index (χ4v) is 2.93. The van der Waals surface area contributed by atoms with Crippen molar-refractivity contribution in [1.82, 2.24) is 0 Å². The van der Waals surface area contributed by atoms with Crippen LogP contribution in [0, 0.1) is 5.41 Å². The number of carbonyl (C=O) groups is 1. The highest BCUT2D eigenvalue weighted by Gasteiger charge is 2.43. The van der Waals surface area contributed by atoms with Gasteiger partial charge in [-0.1, -0.05) is 30.3 Å².